The predicted molar refractivity (Wildman–Crippen MR) is 147 cm³/mol. The smallest absolute Gasteiger partial charge is 0.410 e. The molecule has 196 valence electrons. The zero-order valence-corrected chi connectivity index (χ0v) is 22.1. The van der Waals surface area contributed by atoms with E-state index < -0.39 is 5.60 Å². The minimum Gasteiger partial charge on any atom is -0.410 e. The molecule has 0 unspecified atom stereocenters. The number of ether oxygens (including phenoxy) is 1. The van der Waals surface area contributed by atoms with Gasteiger partial charge in [0, 0.05) is 12.0 Å². The Balaban J connectivity index is 1.30. The van der Waals surface area contributed by atoms with Crippen molar-refractivity contribution >= 4 is 6.09 Å². The molecular formula is C32H40N2O3. The summed E-state index contributed by atoms with van der Waals surface area (Å²) in [4.78, 5) is 14.9. The van der Waals surface area contributed by atoms with Gasteiger partial charge in [0.25, 0.3) is 0 Å². The van der Waals surface area contributed by atoms with E-state index in [0.717, 1.165) is 38.6 Å². The minimum absolute atomic E-state index is 0.0487. The summed E-state index contributed by atoms with van der Waals surface area (Å²) in [5.41, 5.74) is 2.98. The maximum Gasteiger partial charge on any atom is 0.412 e. The molecular weight excluding hydrogens is 460 g/mol. The average Bonchev–Trinajstić information content (AvgIpc) is 3.41. The highest BCUT2D eigenvalue weighted by Crippen LogP contribution is 2.54. The Morgan fingerprint density at radius 2 is 1.97 bits per heavy atom. The second-order valence-electron chi connectivity index (χ2n) is 11.2. The number of fused-ring (bicyclic) bond motifs is 3. The van der Waals surface area contributed by atoms with Crippen LogP contribution in [0.5, 0.6) is 5.75 Å². The van der Waals surface area contributed by atoms with Crippen molar-refractivity contribution in [3.8, 4) is 17.6 Å². The topological polar surface area (TPSA) is 61.8 Å². The summed E-state index contributed by atoms with van der Waals surface area (Å²) in [7, 11) is 0. The molecule has 1 heterocycles. The molecule has 3 atom stereocenters. The Morgan fingerprint density at radius 3 is 2.76 bits per heavy atom. The fraction of sp³-hybridized carbons (Fsp3) is 0.531. The van der Waals surface area contributed by atoms with Crippen LogP contribution in [-0.2, 0) is 18.3 Å². The van der Waals surface area contributed by atoms with Crippen molar-refractivity contribution < 1.29 is 14.6 Å². The Morgan fingerprint density at radius 1 is 1.16 bits per heavy atom. The van der Waals surface area contributed by atoms with E-state index in [-0.39, 0.29) is 11.5 Å². The van der Waals surface area contributed by atoms with E-state index in [2.05, 4.69) is 64.5 Å². The van der Waals surface area contributed by atoms with E-state index in [0.29, 0.717) is 31.1 Å². The third-order valence-electron chi connectivity index (χ3n) is 8.78. The highest BCUT2D eigenvalue weighted by Gasteiger charge is 2.51. The van der Waals surface area contributed by atoms with Crippen molar-refractivity contribution in [2.45, 2.75) is 75.7 Å². The Hall–Kier alpha value is -2.81. The number of nitrogens with zero attached hydrogens (tertiary/aromatic N) is 1. The van der Waals surface area contributed by atoms with Crippen LogP contribution < -0.4 is 10.1 Å². The number of likely N-dealkylation sites (tertiary alicyclic amines) is 1. The van der Waals surface area contributed by atoms with Crippen molar-refractivity contribution in [1.29, 1.82) is 0 Å². The third-order valence-corrected chi connectivity index (χ3v) is 8.78. The molecule has 3 aliphatic rings. The second-order valence-corrected chi connectivity index (χ2v) is 11.2. The van der Waals surface area contributed by atoms with E-state index in [4.69, 9.17) is 4.74 Å². The first-order chi connectivity index (χ1) is 18.0. The summed E-state index contributed by atoms with van der Waals surface area (Å²) in [6.45, 7) is 5.83. The molecule has 0 bridgehead atoms. The van der Waals surface area contributed by atoms with Crippen molar-refractivity contribution in [2.75, 3.05) is 26.2 Å². The van der Waals surface area contributed by atoms with Gasteiger partial charge in [-0.25, -0.2) is 4.79 Å². The number of hydrogen-bond donors (Lipinski definition) is 2. The first-order valence-electron chi connectivity index (χ1n) is 14.0. The molecule has 1 amide bonds. The minimum atomic E-state index is -0.896. The van der Waals surface area contributed by atoms with Gasteiger partial charge < -0.3 is 20.1 Å². The molecule has 0 aromatic heterocycles. The normalized spacial score (nSPS) is 26.9. The van der Waals surface area contributed by atoms with E-state index in [1.807, 2.05) is 13.0 Å². The highest BCUT2D eigenvalue weighted by atomic mass is 16.6. The van der Waals surface area contributed by atoms with Gasteiger partial charge in [0.2, 0.25) is 0 Å². The molecule has 2 fully saturated rings. The van der Waals surface area contributed by atoms with Gasteiger partial charge in [0.05, 0.1) is 0 Å². The zero-order valence-electron chi connectivity index (χ0n) is 22.1. The number of aliphatic hydroxyl groups is 1. The second kappa shape index (κ2) is 11.3. The molecule has 1 aliphatic heterocycles. The molecule has 2 aliphatic carbocycles. The van der Waals surface area contributed by atoms with E-state index in [1.165, 1.54) is 42.6 Å². The lowest BCUT2D eigenvalue weighted by Crippen LogP contribution is -2.50. The fourth-order valence-corrected chi connectivity index (χ4v) is 7.00. The number of benzene rings is 2. The number of aryl methyl sites for hydroxylation is 1. The van der Waals surface area contributed by atoms with Crippen LogP contribution in [0.4, 0.5) is 4.79 Å². The Labute approximate surface area is 221 Å². The summed E-state index contributed by atoms with van der Waals surface area (Å²) < 4.78 is 5.68. The first kappa shape index (κ1) is 25.8. The van der Waals surface area contributed by atoms with Gasteiger partial charge in [-0.3, -0.25) is 0 Å². The van der Waals surface area contributed by atoms with Crippen LogP contribution in [0.15, 0.2) is 48.5 Å². The molecule has 2 aromatic carbocycles. The molecule has 0 radical (unpaired) electrons. The fourth-order valence-electron chi connectivity index (χ4n) is 7.00. The summed E-state index contributed by atoms with van der Waals surface area (Å²) in [6, 6.07) is 16.9. The summed E-state index contributed by atoms with van der Waals surface area (Å²) in [6.07, 6.45) is 8.27. The van der Waals surface area contributed by atoms with Crippen LogP contribution in [0.25, 0.3) is 0 Å². The lowest BCUT2D eigenvalue weighted by molar-refractivity contribution is -0.00804. The lowest BCUT2D eigenvalue weighted by Gasteiger charge is -2.52. The molecule has 5 rings (SSSR count). The summed E-state index contributed by atoms with van der Waals surface area (Å²) in [5.74, 6) is 7.02. The number of carbonyl (C=O) groups is 1. The summed E-state index contributed by atoms with van der Waals surface area (Å²) in [5, 5.41) is 14.1. The van der Waals surface area contributed by atoms with Gasteiger partial charge >= 0.3 is 6.09 Å². The largest absolute Gasteiger partial charge is 0.412 e. The summed E-state index contributed by atoms with van der Waals surface area (Å²) >= 11 is 0. The molecule has 2 N–H and O–H groups in total. The van der Waals surface area contributed by atoms with Crippen molar-refractivity contribution in [2.24, 2.45) is 5.92 Å². The highest BCUT2D eigenvalue weighted by molar-refractivity contribution is 5.70. The maximum atomic E-state index is 12.5. The van der Waals surface area contributed by atoms with Crippen LogP contribution in [0, 0.1) is 17.8 Å². The van der Waals surface area contributed by atoms with Gasteiger partial charge in [0.1, 0.15) is 11.4 Å². The SMILES string of the molecule is CC#C[C@@]1(O)CC[C@]2(Cc3ccccc3)c3ccc(OC(=O)NCCCN4CCCC4)cc3CC[C@H]2C1. The Kier molecular flexibility index (Phi) is 7.88. The zero-order chi connectivity index (χ0) is 25.7. The number of hydrogen-bond acceptors (Lipinski definition) is 4. The molecule has 1 saturated carbocycles. The van der Waals surface area contributed by atoms with Crippen LogP contribution in [0.1, 0.15) is 68.6 Å². The lowest BCUT2D eigenvalue weighted by atomic mass is 9.52. The number of carbonyl (C=O) groups excluding carboxylic acids is 1. The van der Waals surface area contributed by atoms with Crippen LogP contribution >= 0.6 is 0 Å². The monoisotopic (exact) mass is 500 g/mol. The van der Waals surface area contributed by atoms with Gasteiger partial charge in [0.15, 0.2) is 0 Å². The molecule has 0 spiro atoms. The molecule has 2 aromatic rings. The average molecular weight is 501 g/mol. The van der Waals surface area contributed by atoms with Crippen molar-refractivity contribution in [3.63, 3.8) is 0 Å². The molecule has 37 heavy (non-hydrogen) atoms. The van der Waals surface area contributed by atoms with Crippen molar-refractivity contribution in [1.82, 2.24) is 10.2 Å². The van der Waals surface area contributed by atoms with Crippen LogP contribution in [-0.4, -0.2) is 47.9 Å². The van der Waals surface area contributed by atoms with Crippen molar-refractivity contribution in [3.05, 3.63) is 65.2 Å². The third kappa shape index (κ3) is 5.87. The van der Waals surface area contributed by atoms with E-state index in [9.17, 15) is 9.90 Å². The van der Waals surface area contributed by atoms with E-state index >= 15 is 0 Å². The predicted octanol–water partition coefficient (Wildman–Crippen LogP) is 5.24. The van der Waals surface area contributed by atoms with Gasteiger partial charge in [-0.05, 0) is 119 Å². The number of nitrogens with one attached hydrogen (secondary N) is 1. The van der Waals surface area contributed by atoms with Gasteiger partial charge in [-0.1, -0.05) is 42.3 Å². The molecule has 5 nitrogen and oxygen atoms in total. The standard InChI is InChI=1S/C32H40N2O3/c1-2-15-31(36)16-17-32(23-25-9-4-3-5-10-25)27(24-31)12-11-26-22-28(13-14-29(26)32)37-30(35)33-18-8-21-34-19-6-7-20-34/h3-5,9-10,13-14,22,27,36H,6-8,11-12,16-21,23-24H2,1H3,(H,33,35)/t27-,31+,32+/m0/s1. The van der Waals surface area contributed by atoms with E-state index in [1.54, 1.807) is 0 Å². The van der Waals surface area contributed by atoms with Gasteiger partial charge in [-0.15, -0.1) is 5.92 Å². The first-order valence-corrected chi connectivity index (χ1v) is 14.0. The number of amides is 1. The molecule has 5 heteroatoms. The molecule has 1 saturated heterocycles. The van der Waals surface area contributed by atoms with Gasteiger partial charge in [-0.2, -0.15) is 0 Å². The van der Waals surface area contributed by atoms with Crippen LogP contribution in [0.2, 0.25) is 0 Å². The quantitative estimate of drug-likeness (QED) is 0.403. The Bertz CT molecular complexity index is 1150. The van der Waals surface area contributed by atoms with Crippen LogP contribution in [0.3, 0.4) is 0 Å². The number of rotatable bonds is 7. The maximum absolute atomic E-state index is 12.5.